The monoisotopic (exact) mass is 368 g/mol. The molecule has 1 saturated heterocycles. The summed E-state index contributed by atoms with van der Waals surface area (Å²) in [6.07, 6.45) is 7.69. The molecular weight excluding hydrogens is 346 g/mol. The van der Waals surface area contributed by atoms with Crippen molar-refractivity contribution in [3.05, 3.63) is 42.2 Å². The molecule has 0 spiro atoms. The van der Waals surface area contributed by atoms with E-state index in [4.69, 9.17) is 4.18 Å². The van der Waals surface area contributed by atoms with Crippen LogP contribution in [0.1, 0.15) is 30.9 Å². The van der Waals surface area contributed by atoms with Crippen LogP contribution in [0.3, 0.4) is 0 Å². The quantitative estimate of drug-likeness (QED) is 0.379. The minimum Gasteiger partial charge on any atom is -0.603 e. The van der Waals surface area contributed by atoms with E-state index in [9.17, 15) is 13.5 Å². The number of nitrogens with zero attached hydrogens (tertiary/aromatic N) is 3. The molecule has 0 aromatic carbocycles. The molecule has 9 heteroatoms. The molecule has 25 heavy (non-hydrogen) atoms. The Bertz CT molecular complexity index is 685. The lowest BCUT2D eigenvalue weighted by Crippen LogP contribution is -2.22. The van der Waals surface area contributed by atoms with Crippen molar-refractivity contribution in [1.29, 1.82) is 0 Å². The van der Waals surface area contributed by atoms with Crippen LogP contribution in [-0.4, -0.2) is 51.1 Å². The summed E-state index contributed by atoms with van der Waals surface area (Å²) >= 11 is 0. The van der Waals surface area contributed by atoms with Gasteiger partial charge in [0.25, 0.3) is 0 Å². The van der Waals surface area contributed by atoms with Crippen molar-refractivity contribution in [2.75, 3.05) is 26.7 Å². The molecule has 1 aromatic rings. The largest absolute Gasteiger partial charge is 0.603 e. The number of hydrogen-bond donors (Lipinski definition) is 0. The Morgan fingerprint density at radius 1 is 1.36 bits per heavy atom. The number of likely N-dealkylation sites (tertiary alicyclic amines) is 1. The van der Waals surface area contributed by atoms with Crippen molar-refractivity contribution in [3.63, 3.8) is 0 Å². The molecular formula is C16H22N3O5S-. The zero-order chi connectivity index (χ0) is 18.1. The molecule has 1 aliphatic heterocycles. The zero-order valence-electron chi connectivity index (χ0n) is 14.1. The summed E-state index contributed by atoms with van der Waals surface area (Å²) in [5.41, 5.74) is 0.629. The molecule has 1 atom stereocenters. The van der Waals surface area contributed by atoms with Crippen molar-refractivity contribution >= 4 is 16.4 Å². The van der Waals surface area contributed by atoms with Gasteiger partial charge in [0.1, 0.15) is 6.10 Å². The van der Waals surface area contributed by atoms with Crippen LogP contribution < -0.4 is 5.11 Å². The van der Waals surface area contributed by atoms with Crippen LogP contribution in [0.4, 0.5) is 0 Å². The highest BCUT2D eigenvalue weighted by Crippen LogP contribution is 2.24. The fourth-order valence-corrected chi connectivity index (χ4v) is 3.30. The average Bonchev–Trinajstić information content (AvgIpc) is 3.11. The van der Waals surface area contributed by atoms with Gasteiger partial charge in [-0.3, -0.25) is 9.88 Å². The van der Waals surface area contributed by atoms with Gasteiger partial charge in [0.15, 0.2) is 6.08 Å². The molecule has 1 aromatic heterocycles. The summed E-state index contributed by atoms with van der Waals surface area (Å²) < 4.78 is 36.0. The van der Waals surface area contributed by atoms with E-state index in [-0.39, 0.29) is 0 Å². The minimum absolute atomic E-state index is 0.327. The first-order valence-electron chi connectivity index (χ1n) is 8.01. The fourth-order valence-electron chi connectivity index (χ4n) is 2.51. The molecule has 0 saturated carbocycles. The molecule has 0 bridgehead atoms. The Morgan fingerprint density at radius 3 is 2.68 bits per heavy atom. The van der Waals surface area contributed by atoms with E-state index in [1.54, 1.807) is 24.5 Å². The molecule has 0 aliphatic carbocycles. The Balaban J connectivity index is 2.04. The lowest BCUT2D eigenvalue weighted by atomic mass is 10.1. The van der Waals surface area contributed by atoms with Crippen LogP contribution in [0.5, 0.6) is 0 Å². The van der Waals surface area contributed by atoms with Crippen molar-refractivity contribution in [2.24, 2.45) is 4.40 Å². The standard InChI is InChI=1S/C16H23N3O5S/c1-23-16(20)18-25(21,22)24-15(14-7-9-17-10-8-14)6-2-3-11-19-12-4-5-13-19/h2-3,7-10,15H,4-6,11-13H2,1H3,(H,18,20)/p-1/b3-2+. The second-order valence-electron chi connectivity index (χ2n) is 5.57. The third kappa shape index (κ3) is 6.81. The maximum absolute atomic E-state index is 11.9. The first kappa shape index (κ1) is 19.4. The van der Waals surface area contributed by atoms with Crippen molar-refractivity contribution in [1.82, 2.24) is 9.88 Å². The molecule has 1 aliphatic rings. The number of methoxy groups -OCH3 is 1. The predicted octanol–water partition coefficient (Wildman–Crippen LogP) is 0.789. The highest BCUT2D eigenvalue weighted by atomic mass is 32.2. The SMILES string of the molecule is COC([O-])=NS(=O)(=O)OC(C/C=C/CN1CCCC1)c1ccncc1. The van der Waals surface area contributed by atoms with Crippen LogP contribution in [0.2, 0.25) is 0 Å². The Kier molecular flexibility index (Phi) is 7.35. The third-order valence-corrected chi connectivity index (χ3v) is 4.60. The lowest BCUT2D eigenvalue weighted by Gasteiger charge is -2.16. The summed E-state index contributed by atoms with van der Waals surface area (Å²) in [6, 6.07) is 3.32. The van der Waals surface area contributed by atoms with Gasteiger partial charge in [0.2, 0.25) is 0 Å². The van der Waals surface area contributed by atoms with E-state index in [1.807, 2.05) is 12.2 Å². The third-order valence-electron chi connectivity index (χ3n) is 3.76. The summed E-state index contributed by atoms with van der Waals surface area (Å²) in [6.45, 7) is 2.99. The van der Waals surface area contributed by atoms with Crippen LogP contribution >= 0.6 is 0 Å². The fraction of sp³-hybridized carbons (Fsp3) is 0.500. The van der Waals surface area contributed by atoms with Gasteiger partial charge in [-0.25, -0.2) is 4.18 Å². The molecule has 2 rings (SSSR count). The number of pyridine rings is 1. The molecule has 2 heterocycles. The van der Waals surface area contributed by atoms with E-state index in [0.717, 1.165) is 26.7 Å². The number of rotatable bonds is 8. The van der Waals surface area contributed by atoms with Gasteiger partial charge < -0.3 is 9.84 Å². The number of aromatic nitrogens is 1. The highest BCUT2D eigenvalue weighted by Gasteiger charge is 2.20. The maximum Gasteiger partial charge on any atom is 0.383 e. The van der Waals surface area contributed by atoms with Crippen molar-refractivity contribution in [2.45, 2.75) is 25.4 Å². The minimum atomic E-state index is -4.41. The van der Waals surface area contributed by atoms with Gasteiger partial charge in [-0.15, -0.1) is 4.40 Å². The second-order valence-corrected chi connectivity index (χ2v) is 6.80. The molecule has 0 radical (unpaired) electrons. The highest BCUT2D eigenvalue weighted by molar-refractivity contribution is 7.85. The average molecular weight is 368 g/mol. The molecule has 1 unspecified atom stereocenters. The smallest absolute Gasteiger partial charge is 0.383 e. The van der Waals surface area contributed by atoms with E-state index in [0.29, 0.717) is 12.0 Å². The molecule has 1 fully saturated rings. The van der Waals surface area contributed by atoms with Gasteiger partial charge in [-0.2, -0.15) is 8.42 Å². The van der Waals surface area contributed by atoms with E-state index >= 15 is 0 Å². The molecule has 138 valence electrons. The first-order chi connectivity index (χ1) is 12.0. The lowest BCUT2D eigenvalue weighted by molar-refractivity contribution is -0.246. The van der Waals surface area contributed by atoms with E-state index in [2.05, 4.69) is 19.0 Å². The Morgan fingerprint density at radius 2 is 2.04 bits per heavy atom. The molecule has 0 N–H and O–H groups in total. The maximum atomic E-state index is 11.9. The van der Waals surface area contributed by atoms with Crippen LogP contribution in [-0.2, 0) is 19.2 Å². The van der Waals surface area contributed by atoms with Gasteiger partial charge in [0.05, 0.1) is 0 Å². The van der Waals surface area contributed by atoms with E-state index < -0.39 is 22.5 Å². The van der Waals surface area contributed by atoms with Crippen molar-refractivity contribution in [3.8, 4) is 0 Å². The van der Waals surface area contributed by atoms with Gasteiger partial charge in [-0.05, 0) is 57.2 Å². The topological polar surface area (TPSA) is 104 Å². The summed E-state index contributed by atoms with van der Waals surface area (Å²) in [7, 11) is -3.36. The van der Waals surface area contributed by atoms with E-state index in [1.165, 1.54) is 12.8 Å². The summed E-state index contributed by atoms with van der Waals surface area (Å²) in [5.74, 6) is 0. The first-order valence-corrected chi connectivity index (χ1v) is 9.38. The van der Waals surface area contributed by atoms with Crippen LogP contribution in [0.25, 0.3) is 0 Å². The molecule has 0 amide bonds. The summed E-state index contributed by atoms with van der Waals surface area (Å²) in [5, 5.41) is 11.1. The molecule has 8 nitrogen and oxygen atoms in total. The van der Waals surface area contributed by atoms with Gasteiger partial charge in [0, 0.05) is 18.9 Å². The van der Waals surface area contributed by atoms with Gasteiger partial charge >= 0.3 is 10.3 Å². The van der Waals surface area contributed by atoms with Crippen LogP contribution in [0.15, 0.2) is 41.1 Å². The number of hydrogen-bond acceptors (Lipinski definition) is 7. The predicted molar refractivity (Wildman–Crippen MR) is 90.9 cm³/mol. The van der Waals surface area contributed by atoms with Crippen LogP contribution in [0, 0.1) is 0 Å². The number of ether oxygens (including phenoxy) is 1. The van der Waals surface area contributed by atoms with Crippen molar-refractivity contribution < 1.29 is 22.4 Å². The Hall–Kier alpha value is -1.97. The van der Waals surface area contributed by atoms with Gasteiger partial charge in [-0.1, -0.05) is 12.2 Å². The summed E-state index contributed by atoms with van der Waals surface area (Å²) in [4.78, 5) is 6.23. The zero-order valence-corrected chi connectivity index (χ0v) is 14.9. The Labute approximate surface area is 148 Å². The normalized spacial score (nSPS) is 17.9. The second kappa shape index (κ2) is 9.50.